The molecule has 1 aliphatic heterocycles. The van der Waals surface area contributed by atoms with Crippen LogP contribution in [0.15, 0.2) is 34.9 Å². The number of amides is 1. The van der Waals surface area contributed by atoms with Crippen LogP contribution in [0.4, 0.5) is 0 Å². The van der Waals surface area contributed by atoms with E-state index in [-0.39, 0.29) is 11.4 Å². The first-order valence-electron chi connectivity index (χ1n) is 4.91. The first kappa shape index (κ1) is 9.25. The lowest BCUT2D eigenvalue weighted by atomic mass is 9.77. The minimum absolute atomic E-state index is 0.0232. The fourth-order valence-corrected chi connectivity index (χ4v) is 2.17. The Kier molecular flexibility index (Phi) is 1.88. The van der Waals surface area contributed by atoms with Crippen molar-refractivity contribution in [3.8, 4) is 0 Å². The Balaban J connectivity index is 2.51. The van der Waals surface area contributed by atoms with E-state index in [0.29, 0.717) is 0 Å². The molecule has 1 atom stereocenters. The van der Waals surface area contributed by atoms with E-state index in [9.17, 15) is 4.79 Å². The molecule has 74 valence electrons. The second kappa shape index (κ2) is 2.84. The van der Waals surface area contributed by atoms with Crippen molar-refractivity contribution in [3.05, 3.63) is 34.9 Å². The number of fused-ring (bicyclic) bond motifs is 1. The molecule has 0 saturated heterocycles. The van der Waals surface area contributed by atoms with Crippen LogP contribution >= 0.6 is 0 Å². The van der Waals surface area contributed by atoms with Crippen LogP contribution < -0.4 is 5.32 Å². The summed E-state index contributed by atoms with van der Waals surface area (Å²) in [6, 6.07) is 0. The third kappa shape index (κ3) is 1.31. The maximum atomic E-state index is 11.4. The average Bonchev–Trinajstić information content (AvgIpc) is 2.07. The first-order valence-corrected chi connectivity index (χ1v) is 4.91. The van der Waals surface area contributed by atoms with Crippen LogP contribution in [0, 0.1) is 0 Å². The van der Waals surface area contributed by atoms with Crippen molar-refractivity contribution >= 4 is 5.91 Å². The van der Waals surface area contributed by atoms with Crippen LogP contribution in [0.25, 0.3) is 0 Å². The lowest BCUT2D eigenvalue weighted by Gasteiger charge is -2.38. The van der Waals surface area contributed by atoms with Gasteiger partial charge in [-0.2, -0.15) is 0 Å². The Morgan fingerprint density at radius 1 is 1.36 bits per heavy atom. The number of allylic oxidation sites excluding steroid dienone is 2. The van der Waals surface area contributed by atoms with Gasteiger partial charge in [-0.3, -0.25) is 4.79 Å². The van der Waals surface area contributed by atoms with Crippen molar-refractivity contribution in [2.75, 3.05) is 0 Å². The van der Waals surface area contributed by atoms with Crippen molar-refractivity contribution < 1.29 is 4.79 Å². The highest BCUT2D eigenvalue weighted by molar-refractivity contribution is 5.92. The summed E-state index contributed by atoms with van der Waals surface area (Å²) in [5, 5.41) is 3.02. The van der Waals surface area contributed by atoms with Gasteiger partial charge in [-0.1, -0.05) is 17.7 Å². The zero-order valence-corrected chi connectivity index (χ0v) is 8.85. The molecule has 0 spiro atoms. The molecule has 0 aromatic carbocycles. The van der Waals surface area contributed by atoms with Crippen LogP contribution in [0.1, 0.15) is 27.2 Å². The summed E-state index contributed by atoms with van der Waals surface area (Å²) < 4.78 is 0. The molecule has 0 aromatic heterocycles. The molecular weight excluding hydrogens is 174 g/mol. The molecule has 0 saturated carbocycles. The van der Waals surface area contributed by atoms with Crippen molar-refractivity contribution in [1.29, 1.82) is 0 Å². The molecule has 1 heterocycles. The van der Waals surface area contributed by atoms with Gasteiger partial charge in [-0.05, 0) is 38.3 Å². The van der Waals surface area contributed by atoms with E-state index in [0.717, 1.165) is 12.0 Å². The van der Waals surface area contributed by atoms with E-state index >= 15 is 0 Å². The summed E-state index contributed by atoms with van der Waals surface area (Å²) in [7, 11) is 0. The monoisotopic (exact) mass is 189 g/mol. The van der Waals surface area contributed by atoms with Gasteiger partial charge in [0.25, 0.3) is 0 Å². The zero-order chi connectivity index (χ0) is 10.3. The fourth-order valence-electron chi connectivity index (χ4n) is 2.17. The van der Waals surface area contributed by atoms with Gasteiger partial charge in [0.2, 0.25) is 5.91 Å². The molecule has 1 aliphatic carbocycles. The molecule has 2 rings (SSSR count). The van der Waals surface area contributed by atoms with Gasteiger partial charge in [0.05, 0.1) is 5.54 Å². The van der Waals surface area contributed by atoms with E-state index in [2.05, 4.69) is 31.3 Å². The van der Waals surface area contributed by atoms with Crippen LogP contribution in [0.2, 0.25) is 0 Å². The molecule has 1 N–H and O–H groups in total. The molecule has 2 nitrogen and oxygen atoms in total. The summed E-state index contributed by atoms with van der Waals surface area (Å²) in [6.07, 6.45) is 6.89. The molecule has 14 heavy (non-hydrogen) atoms. The topological polar surface area (TPSA) is 29.1 Å². The van der Waals surface area contributed by atoms with Crippen molar-refractivity contribution in [2.24, 2.45) is 0 Å². The van der Waals surface area contributed by atoms with Crippen molar-refractivity contribution in [2.45, 2.75) is 32.7 Å². The van der Waals surface area contributed by atoms with Gasteiger partial charge in [0.1, 0.15) is 0 Å². The summed E-state index contributed by atoms with van der Waals surface area (Å²) >= 11 is 0. The number of hydrogen-bond acceptors (Lipinski definition) is 1. The maximum absolute atomic E-state index is 11.4. The predicted molar refractivity (Wildman–Crippen MR) is 56.8 cm³/mol. The highest BCUT2D eigenvalue weighted by atomic mass is 16.1. The number of hydrogen-bond donors (Lipinski definition) is 1. The minimum atomic E-state index is -0.185. The number of carbonyl (C=O) groups is 1. The van der Waals surface area contributed by atoms with E-state index in [1.165, 1.54) is 11.1 Å². The summed E-state index contributed by atoms with van der Waals surface area (Å²) in [5.41, 5.74) is 3.43. The lowest BCUT2D eigenvalue weighted by molar-refractivity contribution is -0.118. The van der Waals surface area contributed by atoms with Crippen LogP contribution in [0.3, 0.4) is 0 Å². The largest absolute Gasteiger partial charge is 0.343 e. The molecule has 1 amide bonds. The van der Waals surface area contributed by atoms with Crippen LogP contribution in [-0.2, 0) is 4.79 Å². The quantitative estimate of drug-likeness (QED) is 0.621. The van der Waals surface area contributed by atoms with Gasteiger partial charge in [-0.25, -0.2) is 0 Å². The van der Waals surface area contributed by atoms with E-state index in [1.54, 1.807) is 6.08 Å². The summed E-state index contributed by atoms with van der Waals surface area (Å²) in [5.74, 6) is 0.0232. The summed E-state index contributed by atoms with van der Waals surface area (Å²) in [6.45, 7) is 6.17. The maximum Gasteiger partial charge on any atom is 0.244 e. The third-order valence-corrected chi connectivity index (χ3v) is 2.97. The smallest absolute Gasteiger partial charge is 0.244 e. The van der Waals surface area contributed by atoms with Gasteiger partial charge >= 0.3 is 0 Å². The highest BCUT2D eigenvalue weighted by Gasteiger charge is 2.35. The zero-order valence-electron chi connectivity index (χ0n) is 8.85. The third-order valence-electron chi connectivity index (χ3n) is 2.97. The normalized spacial score (nSPS) is 31.1. The summed E-state index contributed by atoms with van der Waals surface area (Å²) in [4.78, 5) is 11.4. The predicted octanol–water partition coefficient (Wildman–Crippen LogP) is 2.10. The Bertz CT molecular complexity index is 387. The van der Waals surface area contributed by atoms with Gasteiger partial charge in [0.15, 0.2) is 0 Å². The Morgan fingerprint density at radius 2 is 2.07 bits per heavy atom. The Labute approximate surface area is 84.4 Å². The standard InChI is InChI=1S/C12H15NO/c1-8-4-5-12(3)10(6-8)9(2)7-11(14)13-12/h4,6-7H,5H2,1-3H3,(H,13,14). The van der Waals surface area contributed by atoms with Gasteiger partial charge in [-0.15, -0.1) is 0 Å². The fraction of sp³-hybridized carbons (Fsp3) is 0.417. The second-order valence-corrected chi connectivity index (χ2v) is 4.36. The first-order chi connectivity index (χ1) is 6.51. The molecule has 0 fully saturated rings. The SMILES string of the molecule is CC1=CCC2(C)NC(=O)C=C(C)C2=C1. The van der Waals surface area contributed by atoms with Gasteiger partial charge < -0.3 is 5.32 Å². The molecule has 0 aromatic rings. The van der Waals surface area contributed by atoms with E-state index in [1.807, 2.05) is 6.92 Å². The molecule has 2 aliphatic rings. The van der Waals surface area contributed by atoms with Crippen LogP contribution in [-0.4, -0.2) is 11.4 Å². The molecule has 0 radical (unpaired) electrons. The lowest BCUT2D eigenvalue weighted by Crippen LogP contribution is -2.50. The molecular formula is C12H15NO. The Hall–Kier alpha value is -1.31. The van der Waals surface area contributed by atoms with Crippen LogP contribution in [0.5, 0.6) is 0 Å². The number of nitrogens with one attached hydrogen (secondary N) is 1. The van der Waals surface area contributed by atoms with Crippen molar-refractivity contribution in [3.63, 3.8) is 0 Å². The molecule has 2 heteroatoms. The number of carbonyl (C=O) groups excluding carboxylic acids is 1. The highest BCUT2D eigenvalue weighted by Crippen LogP contribution is 2.34. The Morgan fingerprint density at radius 3 is 2.79 bits per heavy atom. The molecule has 1 unspecified atom stereocenters. The van der Waals surface area contributed by atoms with E-state index in [4.69, 9.17) is 0 Å². The minimum Gasteiger partial charge on any atom is -0.343 e. The number of rotatable bonds is 0. The van der Waals surface area contributed by atoms with E-state index < -0.39 is 0 Å². The average molecular weight is 189 g/mol. The van der Waals surface area contributed by atoms with Gasteiger partial charge in [0, 0.05) is 6.08 Å². The molecule has 0 bridgehead atoms. The second-order valence-electron chi connectivity index (χ2n) is 4.36. The van der Waals surface area contributed by atoms with Crippen molar-refractivity contribution in [1.82, 2.24) is 5.32 Å².